The van der Waals surface area contributed by atoms with Crippen molar-refractivity contribution in [3.8, 4) is 0 Å². The number of ketones is 1. The molecule has 0 aromatic heterocycles. The number of carbonyl (C=O) groups excluding carboxylic acids is 1. The van der Waals surface area contributed by atoms with Gasteiger partial charge in [-0.05, 0) is 30.8 Å². The number of Topliss-reactive ketones (excluding diaryl/α,β-unsaturated/α-hetero) is 1. The number of hydrogen-bond acceptors (Lipinski definition) is 2. The Bertz CT molecular complexity index is 315. The zero-order valence-corrected chi connectivity index (χ0v) is 14.5. The van der Waals surface area contributed by atoms with E-state index < -0.39 is 9.04 Å². The van der Waals surface area contributed by atoms with Gasteiger partial charge >= 0.3 is 0 Å². The molecule has 0 radical (unpaired) electrons. The Kier molecular flexibility index (Phi) is 4.49. The van der Waals surface area contributed by atoms with E-state index in [9.17, 15) is 4.79 Å². The van der Waals surface area contributed by atoms with Crippen molar-refractivity contribution in [2.75, 3.05) is 0 Å². The molecule has 0 saturated heterocycles. The standard InChI is InChI=1S/C15H30O2Si/c1-10-9-11(14(2,3)4)13(17-18(7)8)15(5,6)12(10)16/h10-11,13,18H,9H2,1-8H3/t10-,11+,13?/m1/s1. The first-order valence-corrected chi connectivity index (χ1v) is 9.95. The minimum atomic E-state index is -1.14. The lowest BCUT2D eigenvalue weighted by molar-refractivity contribution is -0.149. The monoisotopic (exact) mass is 270 g/mol. The van der Waals surface area contributed by atoms with Crippen LogP contribution in [-0.4, -0.2) is 20.9 Å². The van der Waals surface area contributed by atoms with Crippen molar-refractivity contribution in [1.29, 1.82) is 0 Å². The highest BCUT2D eigenvalue weighted by Gasteiger charge is 2.51. The molecule has 0 bridgehead atoms. The fraction of sp³-hybridized carbons (Fsp3) is 0.933. The lowest BCUT2D eigenvalue weighted by atomic mass is 9.58. The van der Waals surface area contributed by atoms with E-state index in [0.717, 1.165) is 6.42 Å². The molecule has 3 heteroatoms. The Balaban J connectivity index is 3.12. The van der Waals surface area contributed by atoms with Crippen molar-refractivity contribution in [3.63, 3.8) is 0 Å². The third-order valence-corrected chi connectivity index (χ3v) is 5.14. The predicted octanol–water partition coefficient (Wildman–Crippen LogP) is 3.65. The van der Waals surface area contributed by atoms with Crippen LogP contribution in [0.25, 0.3) is 0 Å². The van der Waals surface area contributed by atoms with Gasteiger partial charge in [0.15, 0.2) is 9.04 Å². The molecule has 1 rings (SSSR count). The van der Waals surface area contributed by atoms with Crippen molar-refractivity contribution in [2.24, 2.45) is 22.7 Å². The molecule has 1 aliphatic carbocycles. The molecule has 0 aromatic rings. The SMILES string of the molecule is C[C@@H]1C[C@H](C(C)(C)C)C(O[SiH](C)C)C(C)(C)C1=O. The predicted molar refractivity (Wildman–Crippen MR) is 79.3 cm³/mol. The highest BCUT2D eigenvalue weighted by molar-refractivity contribution is 6.48. The van der Waals surface area contributed by atoms with Crippen LogP contribution in [-0.2, 0) is 9.22 Å². The first-order chi connectivity index (χ1) is 7.98. The van der Waals surface area contributed by atoms with Crippen LogP contribution in [0.3, 0.4) is 0 Å². The molecule has 0 heterocycles. The zero-order chi connectivity index (χ0) is 14.3. The molecule has 1 saturated carbocycles. The molecule has 0 amide bonds. The van der Waals surface area contributed by atoms with Crippen molar-refractivity contribution in [2.45, 2.75) is 67.2 Å². The van der Waals surface area contributed by atoms with Crippen LogP contribution in [0.4, 0.5) is 0 Å². The van der Waals surface area contributed by atoms with Gasteiger partial charge in [-0.15, -0.1) is 0 Å². The molecule has 1 aliphatic rings. The normalized spacial score (nSPS) is 32.9. The van der Waals surface area contributed by atoms with E-state index in [0.29, 0.717) is 11.7 Å². The van der Waals surface area contributed by atoms with Crippen LogP contribution in [0.5, 0.6) is 0 Å². The minimum Gasteiger partial charge on any atom is -0.416 e. The van der Waals surface area contributed by atoms with Crippen LogP contribution in [0, 0.1) is 22.7 Å². The molecule has 3 atom stereocenters. The summed E-state index contributed by atoms with van der Waals surface area (Å²) in [7, 11) is -1.14. The molecule has 0 N–H and O–H groups in total. The highest BCUT2D eigenvalue weighted by Crippen LogP contribution is 2.48. The van der Waals surface area contributed by atoms with Gasteiger partial charge in [-0.25, -0.2) is 0 Å². The molecule has 1 unspecified atom stereocenters. The third kappa shape index (κ3) is 3.05. The average molecular weight is 270 g/mol. The van der Waals surface area contributed by atoms with Gasteiger partial charge in [0.25, 0.3) is 0 Å². The van der Waals surface area contributed by atoms with Gasteiger partial charge in [-0.1, -0.05) is 41.5 Å². The van der Waals surface area contributed by atoms with E-state index in [1.54, 1.807) is 0 Å². The second kappa shape index (κ2) is 5.08. The number of hydrogen-bond donors (Lipinski definition) is 0. The lowest BCUT2D eigenvalue weighted by Gasteiger charge is -2.50. The number of rotatable bonds is 2. The molecular weight excluding hydrogens is 240 g/mol. The van der Waals surface area contributed by atoms with Gasteiger partial charge in [-0.2, -0.15) is 0 Å². The van der Waals surface area contributed by atoms with Crippen molar-refractivity contribution >= 4 is 14.8 Å². The Morgan fingerprint density at radius 2 is 1.78 bits per heavy atom. The van der Waals surface area contributed by atoms with Crippen molar-refractivity contribution < 1.29 is 9.22 Å². The summed E-state index contributed by atoms with van der Waals surface area (Å²) in [5.74, 6) is 1.01. The average Bonchev–Trinajstić information content (AvgIpc) is 2.17. The van der Waals surface area contributed by atoms with E-state index in [1.807, 2.05) is 0 Å². The second-order valence-corrected chi connectivity index (χ2v) is 10.2. The van der Waals surface area contributed by atoms with E-state index >= 15 is 0 Å². The smallest absolute Gasteiger partial charge is 0.171 e. The van der Waals surface area contributed by atoms with Gasteiger partial charge in [0, 0.05) is 11.3 Å². The molecule has 0 aromatic carbocycles. The molecule has 1 fully saturated rings. The van der Waals surface area contributed by atoms with Gasteiger partial charge in [0.05, 0.1) is 6.10 Å². The summed E-state index contributed by atoms with van der Waals surface area (Å²) in [6.07, 6.45) is 1.06. The fourth-order valence-electron chi connectivity index (χ4n) is 3.26. The molecule has 2 nitrogen and oxygen atoms in total. The van der Waals surface area contributed by atoms with Crippen molar-refractivity contribution in [3.05, 3.63) is 0 Å². The van der Waals surface area contributed by atoms with Crippen LogP contribution in [0.1, 0.15) is 48.0 Å². The van der Waals surface area contributed by atoms with Crippen LogP contribution < -0.4 is 0 Å². The van der Waals surface area contributed by atoms with Gasteiger partial charge in [0.2, 0.25) is 0 Å². The minimum absolute atomic E-state index is 0.0906. The van der Waals surface area contributed by atoms with E-state index in [4.69, 9.17) is 4.43 Å². The van der Waals surface area contributed by atoms with E-state index in [1.165, 1.54) is 0 Å². The maximum Gasteiger partial charge on any atom is 0.171 e. The highest BCUT2D eigenvalue weighted by atomic mass is 28.3. The Hall–Kier alpha value is -0.153. The maximum absolute atomic E-state index is 12.4. The Labute approximate surface area is 114 Å². The van der Waals surface area contributed by atoms with Crippen molar-refractivity contribution in [1.82, 2.24) is 0 Å². The first-order valence-electron chi connectivity index (χ1n) is 7.17. The van der Waals surface area contributed by atoms with Crippen LogP contribution in [0.2, 0.25) is 13.1 Å². The van der Waals surface area contributed by atoms with Gasteiger partial charge in [0.1, 0.15) is 5.78 Å². The largest absolute Gasteiger partial charge is 0.416 e. The van der Waals surface area contributed by atoms with Crippen LogP contribution in [0.15, 0.2) is 0 Å². The molecule has 106 valence electrons. The summed E-state index contributed by atoms with van der Waals surface area (Å²) in [4.78, 5) is 12.4. The lowest BCUT2D eigenvalue weighted by Crippen LogP contribution is -2.55. The quantitative estimate of drug-likeness (QED) is 0.716. The fourth-order valence-corrected chi connectivity index (χ4v) is 4.37. The summed E-state index contributed by atoms with van der Waals surface area (Å²) in [6, 6.07) is 0. The molecule has 18 heavy (non-hydrogen) atoms. The topological polar surface area (TPSA) is 26.3 Å². The first kappa shape index (κ1) is 15.9. The van der Waals surface area contributed by atoms with Crippen LogP contribution >= 0.6 is 0 Å². The van der Waals surface area contributed by atoms with Gasteiger partial charge < -0.3 is 4.43 Å². The maximum atomic E-state index is 12.4. The summed E-state index contributed by atoms with van der Waals surface area (Å²) in [5.41, 5.74) is -0.146. The third-order valence-electron chi connectivity index (χ3n) is 4.30. The summed E-state index contributed by atoms with van der Waals surface area (Å²) in [6.45, 7) is 17.4. The Morgan fingerprint density at radius 1 is 1.28 bits per heavy atom. The van der Waals surface area contributed by atoms with Gasteiger partial charge in [-0.3, -0.25) is 4.79 Å². The van der Waals surface area contributed by atoms with E-state index in [-0.39, 0.29) is 22.9 Å². The number of carbonyl (C=O) groups is 1. The summed E-state index contributed by atoms with van der Waals surface area (Å²) < 4.78 is 6.28. The van der Waals surface area contributed by atoms with E-state index in [2.05, 4.69) is 54.6 Å². The molecular formula is C15H30O2Si. The second-order valence-electron chi connectivity index (χ2n) is 7.80. The summed E-state index contributed by atoms with van der Waals surface area (Å²) >= 11 is 0. The summed E-state index contributed by atoms with van der Waals surface area (Å²) in [5, 5.41) is 0. The Morgan fingerprint density at radius 3 is 2.17 bits per heavy atom. The molecule has 0 aliphatic heterocycles. The zero-order valence-electron chi connectivity index (χ0n) is 13.3. The molecule has 0 spiro atoms.